The molecule has 158 valence electrons. The molecule has 0 fully saturated rings. The smallest absolute Gasteiger partial charge is 0.239 e. The number of rotatable bonds is 6. The molecule has 6 heteroatoms. The Labute approximate surface area is 191 Å². The van der Waals surface area contributed by atoms with Gasteiger partial charge in [-0.25, -0.2) is 4.98 Å². The minimum atomic E-state index is 0.800. The first-order valence-corrected chi connectivity index (χ1v) is 11.7. The lowest BCUT2D eigenvalue weighted by atomic mass is 10.1. The topological polar surface area (TPSA) is 44.7 Å². The fourth-order valence-corrected chi connectivity index (χ4v) is 4.52. The van der Waals surface area contributed by atoms with Gasteiger partial charge in [0, 0.05) is 48.4 Å². The van der Waals surface area contributed by atoms with Crippen molar-refractivity contribution in [3.8, 4) is 5.69 Å². The van der Waals surface area contributed by atoms with Gasteiger partial charge in [0.25, 0.3) is 0 Å². The molecule has 32 heavy (non-hydrogen) atoms. The second-order valence-corrected chi connectivity index (χ2v) is 8.26. The van der Waals surface area contributed by atoms with Crippen LogP contribution in [0, 0.1) is 0 Å². The fourth-order valence-electron chi connectivity index (χ4n) is 3.96. The molecule has 0 unspecified atom stereocenters. The molecule has 0 spiro atoms. The van der Waals surface area contributed by atoms with Crippen LogP contribution in [0.3, 0.4) is 0 Å². The van der Waals surface area contributed by atoms with E-state index in [4.69, 9.17) is 4.98 Å². The molecule has 5 rings (SSSR count). The standard InChI is InChI=1S/C26H24N5S/c1-3-30(4-2)22-11-13-24-26(17-22)31(21-8-6-5-7-9-21)25-16-19(10-12-23(25)27-24)28-29-20-14-15-32-18-20/h5-18H,3-4H2,1-2H3/q+1. The zero-order valence-corrected chi connectivity index (χ0v) is 19.0. The molecule has 0 radical (unpaired) electrons. The zero-order valence-electron chi connectivity index (χ0n) is 18.1. The minimum absolute atomic E-state index is 0.800. The molecule has 5 aromatic rings. The summed E-state index contributed by atoms with van der Waals surface area (Å²) in [5.41, 5.74) is 7.91. The summed E-state index contributed by atoms with van der Waals surface area (Å²) in [6.45, 7) is 6.29. The monoisotopic (exact) mass is 438 g/mol. The lowest BCUT2D eigenvalue weighted by molar-refractivity contribution is -0.538. The zero-order chi connectivity index (χ0) is 21.9. The first kappa shape index (κ1) is 20.3. The van der Waals surface area contributed by atoms with Gasteiger partial charge in [0.15, 0.2) is 0 Å². The molecule has 0 N–H and O–H groups in total. The average molecular weight is 439 g/mol. The van der Waals surface area contributed by atoms with E-state index in [1.165, 1.54) is 5.69 Å². The average Bonchev–Trinajstić information content (AvgIpc) is 3.36. The number of hydrogen-bond donors (Lipinski definition) is 0. The maximum atomic E-state index is 4.96. The quantitative estimate of drug-likeness (QED) is 0.163. The van der Waals surface area contributed by atoms with Crippen LogP contribution in [0.2, 0.25) is 0 Å². The molecule has 5 nitrogen and oxygen atoms in total. The van der Waals surface area contributed by atoms with Crippen LogP contribution in [0.4, 0.5) is 17.1 Å². The van der Waals surface area contributed by atoms with Crippen LogP contribution in [0.15, 0.2) is 93.8 Å². The van der Waals surface area contributed by atoms with E-state index in [9.17, 15) is 0 Å². The van der Waals surface area contributed by atoms with Gasteiger partial charge in [0.05, 0.1) is 11.4 Å². The van der Waals surface area contributed by atoms with Crippen LogP contribution in [0.5, 0.6) is 0 Å². The Balaban J connectivity index is 1.76. The first-order valence-electron chi connectivity index (χ1n) is 10.8. The molecule has 0 aliphatic rings. The van der Waals surface area contributed by atoms with Crippen molar-refractivity contribution in [2.75, 3.05) is 18.0 Å². The minimum Gasteiger partial charge on any atom is -0.372 e. The third kappa shape index (κ3) is 3.85. The highest BCUT2D eigenvalue weighted by atomic mass is 32.1. The van der Waals surface area contributed by atoms with Gasteiger partial charge >= 0.3 is 0 Å². The van der Waals surface area contributed by atoms with Crippen LogP contribution < -0.4 is 9.47 Å². The van der Waals surface area contributed by atoms with Gasteiger partial charge < -0.3 is 4.90 Å². The van der Waals surface area contributed by atoms with E-state index in [1.54, 1.807) is 11.3 Å². The molecular weight excluding hydrogens is 414 g/mol. The van der Waals surface area contributed by atoms with Crippen molar-refractivity contribution in [3.05, 3.63) is 83.6 Å². The number of para-hydroxylation sites is 1. The van der Waals surface area contributed by atoms with Crippen LogP contribution in [-0.4, -0.2) is 18.1 Å². The number of anilines is 1. The summed E-state index contributed by atoms with van der Waals surface area (Å²) in [6.07, 6.45) is 0. The van der Waals surface area contributed by atoms with E-state index in [0.29, 0.717) is 0 Å². The highest BCUT2D eigenvalue weighted by Gasteiger charge is 2.21. The predicted octanol–water partition coefficient (Wildman–Crippen LogP) is 6.99. The van der Waals surface area contributed by atoms with Crippen molar-refractivity contribution in [1.82, 2.24) is 4.98 Å². The number of thiophene rings is 1. The van der Waals surface area contributed by atoms with E-state index in [2.05, 4.69) is 82.1 Å². The van der Waals surface area contributed by atoms with Crippen LogP contribution in [-0.2, 0) is 0 Å². The number of benzene rings is 3. The van der Waals surface area contributed by atoms with E-state index < -0.39 is 0 Å². The van der Waals surface area contributed by atoms with Crippen molar-refractivity contribution in [3.63, 3.8) is 0 Å². The molecule has 2 heterocycles. The van der Waals surface area contributed by atoms with Crippen molar-refractivity contribution in [2.45, 2.75) is 13.8 Å². The molecule has 0 bridgehead atoms. The second kappa shape index (κ2) is 8.85. The number of hydrogen-bond acceptors (Lipinski definition) is 5. The third-order valence-corrected chi connectivity index (χ3v) is 6.24. The van der Waals surface area contributed by atoms with Crippen molar-refractivity contribution >= 4 is 50.5 Å². The Hall–Kier alpha value is -3.64. The number of azo groups is 1. The summed E-state index contributed by atoms with van der Waals surface area (Å²) in [7, 11) is 0. The summed E-state index contributed by atoms with van der Waals surface area (Å²) in [4.78, 5) is 7.31. The molecule has 2 aromatic heterocycles. The lowest BCUT2D eigenvalue weighted by Crippen LogP contribution is -2.33. The second-order valence-electron chi connectivity index (χ2n) is 7.48. The van der Waals surface area contributed by atoms with E-state index in [-0.39, 0.29) is 0 Å². The number of nitrogens with zero attached hydrogens (tertiary/aromatic N) is 5. The summed E-state index contributed by atoms with van der Waals surface area (Å²) >= 11 is 1.61. The molecule has 0 amide bonds. The first-order chi connectivity index (χ1) is 15.8. The lowest BCUT2D eigenvalue weighted by Gasteiger charge is -2.20. The van der Waals surface area contributed by atoms with Crippen LogP contribution in [0.1, 0.15) is 13.8 Å². The van der Waals surface area contributed by atoms with E-state index in [1.807, 2.05) is 35.0 Å². The predicted molar refractivity (Wildman–Crippen MR) is 133 cm³/mol. The van der Waals surface area contributed by atoms with Gasteiger partial charge in [-0.2, -0.15) is 16.5 Å². The van der Waals surface area contributed by atoms with Gasteiger partial charge in [0.2, 0.25) is 16.7 Å². The Kier molecular flexibility index (Phi) is 5.60. The fraction of sp³-hybridized carbons (Fsp3) is 0.154. The maximum Gasteiger partial charge on any atom is 0.239 e. The van der Waals surface area contributed by atoms with Crippen molar-refractivity contribution < 1.29 is 4.57 Å². The molecule has 0 aliphatic heterocycles. The molecule has 0 aliphatic carbocycles. The van der Waals surface area contributed by atoms with Gasteiger partial charge in [0.1, 0.15) is 11.0 Å². The van der Waals surface area contributed by atoms with Crippen LogP contribution in [0.25, 0.3) is 27.8 Å². The van der Waals surface area contributed by atoms with Gasteiger partial charge in [-0.05, 0) is 49.6 Å². The van der Waals surface area contributed by atoms with Crippen molar-refractivity contribution in [2.24, 2.45) is 10.2 Å². The van der Waals surface area contributed by atoms with Gasteiger partial charge in [-0.3, -0.25) is 0 Å². The molecular formula is C26H24N5S+. The third-order valence-electron chi connectivity index (χ3n) is 5.57. The Morgan fingerprint density at radius 3 is 2.25 bits per heavy atom. The Bertz CT molecular complexity index is 1390. The van der Waals surface area contributed by atoms with Crippen molar-refractivity contribution in [1.29, 1.82) is 0 Å². The van der Waals surface area contributed by atoms with E-state index in [0.717, 1.165) is 52.2 Å². The maximum absolute atomic E-state index is 4.96. The van der Waals surface area contributed by atoms with Gasteiger partial charge in [-0.1, -0.05) is 18.2 Å². The number of fused-ring (bicyclic) bond motifs is 2. The summed E-state index contributed by atoms with van der Waals surface area (Å²) in [5.74, 6) is 0. The highest BCUT2D eigenvalue weighted by Crippen LogP contribution is 2.26. The summed E-state index contributed by atoms with van der Waals surface area (Å²) in [6, 6.07) is 25.0. The Morgan fingerprint density at radius 2 is 1.53 bits per heavy atom. The van der Waals surface area contributed by atoms with Crippen LogP contribution >= 0.6 is 11.3 Å². The summed E-state index contributed by atoms with van der Waals surface area (Å²) < 4.78 is 2.27. The molecule has 0 atom stereocenters. The highest BCUT2D eigenvalue weighted by molar-refractivity contribution is 7.08. The van der Waals surface area contributed by atoms with E-state index >= 15 is 0 Å². The Morgan fingerprint density at radius 1 is 0.812 bits per heavy atom. The SMILES string of the molecule is CCN(CC)c1ccc2nc3ccc(N=Nc4ccsc4)cc3[n+](-c3ccccc3)c2c1. The normalized spacial score (nSPS) is 11.6. The molecule has 0 saturated heterocycles. The summed E-state index contributed by atoms with van der Waals surface area (Å²) in [5, 5.41) is 12.8. The van der Waals surface area contributed by atoms with Gasteiger partial charge in [-0.15, -0.1) is 9.68 Å². The molecule has 3 aromatic carbocycles. The molecule has 0 saturated carbocycles. The number of aromatic nitrogens is 2. The largest absolute Gasteiger partial charge is 0.372 e.